The first kappa shape index (κ1) is 14.2. The Morgan fingerprint density at radius 3 is 2.65 bits per heavy atom. The predicted octanol–water partition coefficient (Wildman–Crippen LogP) is 0.785. The SMILES string of the molecule is CO[C@]12OC(C)(C)[C@@H]3C[C@@]31[C@@H](O)C/C(=C\[C@H](C)O)C2=O. The molecule has 0 radical (unpaired) electrons. The molecule has 112 valence electrons. The van der Waals surface area contributed by atoms with E-state index in [9.17, 15) is 15.0 Å². The molecule has 2 aliphatic carbocycles. The van der Waals surface area contributed by atoms with Crippen molar-refractivity contribution in [3.8, 4) is 0 Å². The van der Waals surface area contributed by atoms with Crippen LogP contribution in [-0.2, 0) is 14.3 Å². The molecule has 0 aromatic carbocycles. The molecule has 3 aliphatic rings. The van der Waals surface area contributed by atoms with E-state index in [2.05, 4.69) is 0 Å². The van der Waals surface area contributed by atoms with E-state index in [-0.39, 0.29) is 18.1 Å². The van der Waals surface area contributed by atoms with Crippen LogP contribution in [0, 0.1) is 11.3 Å². The Labute approximate surface area is 118 Å². The molecule has 20 heavy (non-hydrogen) atoms. The molecule has 5 atom stereocenters. The summed E-state index contributed by atoms with van der Waals surface area (Å²) in [5.41, 5.74) is -0.728. The quantitative estimate of drug-likeness (QED) is 0.732. The highest BCUT2D eigenvalue weighted by atomic mass is 16.7. The molecule has 2 saturated carbocycles. The molecule has 1 spiro atoms. The average Bonchev–Trinajstić information content (AvgIpc) is 3.06. The number of methoxy groups -OCH3 is 1. The molecule has 2 N–H and O–H groups in total. The van der Waals surface area contributed by atoms with Crippen LogP contribution in [0.2, 0.25) is 0 Å². The minimum absolute atomic E-state index is 0.127. The van der Waals surface area contributed by atoms with Gasteiger partial charge in [0.05, 0.1) is 23.2 Å². The molecular weight excluding hydrogens is 260 g/mol. The third-order valence-electron chi connectivity index (χ3n) is 5.19. The molecule has 1 heterocycles. The summed E-state index contributed by atoms with van der Waals surface area (Å²) in [6.45, 7) is 5.45. The van der Waals surface area contributed by atoms with Gasteiger partial charge in [-0.3, -0.25) is 4.79 Å². The maximum atomic E-state index is 12.8. The lowest BCUT2D eigenvalue weighted by Crippen LogP contribution is -2.58. The van der Waals surface area contributed by atoms with Gasteiger partial charge < -0.3 is 19.7 Å². The summed E-state index contributed by atoms with van der Waals surface area (Å²) in [5, 5.41) is 20.1. The molecule has 5 nitrogen and oxygen atoms in total. The number of rotatable bonds is 2. The molecule has 0 aromatic heterocycles. The first-order chi connectivity index (χ1) is 9.21. The zero-order chi connectivity index (χ0) is 14.9. The van der Waals surface area contributed by atoms with Crippen molar-refractivity contribution in [2.24, 2.45) is 11.3 Å². The number of Topliss-reactive ketones (excluding diaryl/α,β-unsaturated/α-hetero) is 1. The van der Waals surface area contributed by atoms with Crippen molar-refractivity contribution in [1.29, 1.82) is 0 Å². The first-order valence-electron chi connectivity index (χ1n) is 7.08. The lowest BCUT2D eigenvalue weighted by molar-refractivity contribution is -0.267. The van der Waals surface area contributed by atoms with Gasteiger partial charge in [-0.2, -0.15) is 0 Å². The fraction of sp³-hybridized carbons (Fsp3) is 0.800. The van der Waals surface area contributed by atoms with E-state index >= 15 is 0 Å². The summed E-state index contributed by atoms with van der Waals surface area (Å²) in [6.07, 6.45) is 1.05. The lowest BCUT2D eigenvalue weighted by Gasteiger charge is -2.43. The molecule has 3 fully saturated rings. The summed E-state index contributed by atoms with van der Waals surface area (Å²) >= 11 is 0. The van der Waals surface area contributed by atoms with Crippen molar-refractivity contribution in [2.45, 2.75) is 57.2 Å². The van der Waals surface area contributed by atoms with Crippen LogP contribution in [0.15, 0.2) is 11.6 Å². The predicted molar refractivity (Wildman–Crippen MR) is 70.8 cm³/mol. The summed E-state index contributed by atoms with van der Waals surface area (Å²) < 4.78 is 11.5. The molecular formula is C15H22O5. The summed E-state index contributed by atoms with van der Waals surface area (Å²) in [7, 11) is 1.45. The normalized spacial score (nSPS) is 48.9. The van der Waals surface area contributed by atoms with Gasteiger partial charge in [0.15, 0.2) is 0 Å². The van der Waals surface area contributed by atoms with Crippen LogP contribution in [0.4, 0.5) is 0 Å². The van der Waals surface area contributed by atoms with E-state index in [0.29, 0.717) is 5.57 Å². The number of ketones is 1. The first-order valence-corrected chi connectivity index (χ1v) is 7.08. The topological polar surface area (TPSA) is 76.0 Å². The second-order valence-electron chi connectivity index (χ2n) is 6.80. The van der Waals surface area contributed by atoms with Crippen molar-refractivity contribution >= 4 is 5.78 Å². The molecule has 5 heteroatoms. The van der Waals surface area contributed by atoms with Crippen molar-refractivity contribution in [3.63, 3.8) is 0 Å². The van der Waals surface area contributed by atoms with Crippen LogP contribution in [0.25, 0.3) is 0 Å². The Balaban J connectivity index is 2.09. The second-order valence-corrected chi connectivity index (χ2v) is 6.80. The van der Waals surface area contributed by atoms with Crippen molar-refractivity contribution in [1.82, 2.24) is 0 Å². The smallest absolute Gasteiger partial charge is 0.242 e. The van der Waals surface area contributed by atoms with Gasteiger partial charge in [0.25, 0.3) is 0 Å². The van der Waals surface area contributed by atoms with E-state index in [4.69, 9.17) is 9.47 Å². The van der Waals surface area contributed by atoms with Gasteiger partial charge in [-0.15, -0.1) is 0 Å². The van der Waals surface area contributed by atoms with Crippen LogP contribution < -0.4 is 0 Å². The van der Waals surface area contributed by atoms with Crippen LogP contribution >= 0.6 is 0 Å². The van der Waals surface area contributed by atoms with E-state index < -0.39 is 29.0 Å². The Morgan fingerprint density at radius 1 is 1.50 bits per heavy atom. The highest BCUT2D eigenvalue weighted by Crippen LogP contribution is 2.76. The van der Waals surface area contributed by atoms with Crippen LogP contribution in [0.3, 0.4) is 0 Å². The van der Waals surface area contributed by atoms with Gasteiger partial charge in [0, 0.05) is 25.0 Å². The van der Waals surface area contributed by atoms with Gasteiger partial charge in [0.1, 0.15) is 0 Å². The minimum Gasteiger partial charge on any atom is -0.392 e. The zero-order valence-electron chi connectivity index (χ0n) is 12.3. The number of aliphatic hydroxyl groups is 2. The lowest BCUT2D eigenvalue weighted by atomic mass is 9.73. The van der Waals surface area contributed by atoms with Crippen molar-refractivity contribution < 1.29 is 24.5 Å². The van der Waals surface area contributed by atoms with E-state index in [0.717, 1.165) is 6.42 Å². The van der Waals surface area contributed by atoms with Gasteiger partial charge in [-0.1, -0.05) is 0 Å². The largest absolute Gasteiger partial charge is 0.392 e. The molecule has 0 bridgehead atoms. The minimum atomic E-state index is -1.40. The number of aliphatic hydroxyl groups excluding tert-OH is 2. The average molecular weight is 282 g/mol. The van der Waals surface area contributed by atoms with Gasteiger partial charge in [-0.25, -0.2) is 0 Å². The molecule has 1 aliphatic heterocycles. The van der Waals surface area contributed by atoms with E-state index in [1.807, 2.05) is 13.8 Å². The molecule has 3 rings (SSSR count). The Kier molecular flexibility index (Phi) is 2.78. The van der Waals surface area contributed by atoms with Crippen LogP contribution in [0.5, 0.6) is 0 Å². The number of ether oxygens (including phenoxy) is 2. The fourth-order valence-electron chi connectivity index (χ4n) is 4.34. The van der Waals surface area contributed by atoms with E-state index in [1.165, 1.54) is 13.2 Å². The van der Waals surface area contributed by atoms with Gasteiger partial charge in [0.2, 0.25) is 11.6 Å². The number of hydrogen-bond acceptors (Lipinski definition) is 5. The maximum absolute atomic E-state index is 12.8. The Hall–Kier alpha value is -0.750. The monoisotopic (exact) mass is 282 g/mol. The number of carbonyl (C=O) groups excluding carboxylic acids is 1. The summed E-state index contributed by atoms with van der Waals surface area (Å²) in [4.78, 5) is 12.8. The number of hydrogen-bond donors (Lipinski definition) is 2. The molecule has 0 unspecified atom stereocenters. The third-order valence-corrected chi connectivity index (χ3v) is 5.19. The second kappa shape index (κ2) is 3.91. The summed E-state index contributed by atoms with van der Waals surface area (Å²) in [6, 6.07) is 0. The standard InChI is InChI=1S/C15H22O5/c1-8(16)5-9-6-11(17)14-7-10(14)13(2,3)20-15(14,19-4)12(9)18/h5,8,10-11,16-17H,6-7H2,1-4H3/b9-5+/t8-,10-,11-,14-,15+/m0/s1. The summed E-state index contributed by atoms with van der Waals surface area (Å²) in [5.74, 6) is -1.53. The van der Waals surface area contributed by atoms with Crippen molar-refractivity contribution in [3.05, 3.63) is 11.6 Å². The van der Waals surface area contributed by atoms with Gasteiger partial charge >= 0.3 is 0 Å². The zero-order valence-corrected chi connectivity index (χ0v) is 12.3. The van der Waals surface area contributed by atoms with Crippen LogP contribution in [0.1, 0.15) is 33.6 Å². The third kappa shape index (κ3) is 1.44. The molecule has 0 aromatic rings. The molecule has 1 saturated heterocycles. The fourth-order valence-corrected chi connectivity index (χ4v) is 4.34. The van der Waals surface area contributed by atoms with E-state index in [1.54, 1.807) is 6.92 Å². The number of carbonyl (C=O) groups is 1. The Morgan fingerprint density at radius 2 is 2.15 bits per heavy atom. The van der Waals surface area contributed by atoms with Gasteiger partial charge in [-0.05, 0) is 33.3 Å². The highest BCUT2D eigenvalue weighted by Gasteiger charge is 2.85. The molecule has 0 amide bonds. The van der Waals surface area contributed by atoms with Crippen LogP contribution in [-0.4, -0.2) is 46.7 Å². The van der Waals surface area contributed by atoms with Crippen molar-refractivity contribution in [2.75, 3.05) is 7.11 Å². The Bertz CT molecular complexity index is 494. The highest BCUT2D eigenvalue weighted by molar-refractivity contribution is 6.03. The maximum Gasteiger partial charge on any atom is 0.242 e.